The number of anilines is 1. The van der Waals surface area contributed by atoms with Crippen LogP contribution in [-0.2, 0) is 17.8 Å². The fourth-order valence-electron chi connectivity index (χ4n) is 2.46. The summed E-state index contributed by atoms with van der Waals surface area (Å²) in [6.45, 7) is 4.17. The molecule has 0 aromatic heterocycles. The van der Waals surface area contributed by atoms with Crippen LogP contribution in [0.2, 0.25) is 0 Å². The van der Waals surface area contributed by atoms with Crippen LogP contribution in [0.25, 0.3) is 0 Å². The third-order valence-electron chi connectivity index (χ3n) is 3.68. The summed E-state index contributed by atoms with van der Waals surface area (Å²) >= 11 is 0. The third-order valence-corrected chi connectivity index (χ3v) is 3.68. The fourth-order valence-corrected chi connectivity index (χ4v) is 2.46. The maximum Gasteiger partial charge on any atom is 0.143 e. The van der Waals surface area contributed by atoms with Crippen LogP contribution in [0, 0.1) is 0 Å². The number of hydrogen-bond acceptors (Lipinski definition) is 3. The quantitative estimate of drug-likeness (QED) is 0.908. The van der Waals surface area contributed by atoms with Crippen molar-refractivity contribution in [2.75, 3.05) is 18.5 Å². The predicted octanol–water partition coefficient (Wildman–Crippen LogP) is 3.64. The molecule has 21 heavy (non-hydrogen) atoms. The van der Waals surface area contributed by atoms with Crippen molar-refractivity contribution in [1.29, 1.82) is 0 Å². The molecule has 0 radical (unpaired) electrons. The van der Waals surface area contributed by atoms with Crippen molar-refractivity contribution >= 4 is 5.69 Å². The molecule has 3 rings (SSSR count). The summed E-state index contributed by atoms with van der Waals surface area (Å²) in [5.74, 6) is 0.923. The summed E-state index contributed by atoms with van der Waals surface area (Å²) in [6.07, 6.45) is 1.10. The Balaban J connectivity index is 1.52. The zero-order valence-electron chi connectivity index (χ0n) is 12.3. The largest absolute Gasteiger partial charge is 0.484 e. The molecule has 1 heterocycles. The minimum atomic E-state index is 0.0636. The summed E-state index contributed by atoms with van der Waals surface area (Å²) in [4.78, 5) is 0. The molecule has 1 aliphatic rings. The van der Waals surface area contributed by atoms with E-state index in [9.17, 15) is 0 Å². The van der Waals surface area contributed by atoms with Crippen LogP contribution in [0.4, 0.5) is 5.69 Å². The zero-order chi connectivity index (χ0) is 14.5. The van der Waals surface area contributed by atoms with Gasteiger partial charge in [0, 0.05) is 0 Å². The lowest BCUT2D eigenvalue weighted by Crippen LogP contribution is -2.34. The van der Waals surface area contributed by atoms with Gasteiger partial charge in [0.25, 0.3) is 0 Å². The Morgan fingerprint density at radius 1 is 1.14 bits per heavy atom. The van der Waals surface area contributed by atoms with Crippen molar-refractivity contribution in [3.05, 3.63) is 59.7 Å². The standard InChI is InChI=1S/C18H21NO2/c1-2-14-8-9-18-17(10-14)19-11-16(21-18)13-20-12-15-6-4-3-5-7-15/h3-10,16,19H,2,11-13H2,1H3. The molecule has 1 aliphatic heterocycles. The van der Waals surface area contributed by atoms with E-state index >= 15 is 0 Å². The first-order chi connectivity index (χ1) is 10.3. The zero-order valence-corrected chi connectivity index (χ0v) is 12.3. The molecule has 2 aromatic rings. The Morgan fingerprint density at radius 3 is 2.81 bits per heavy atom. The second-order valence-electron chi connectivity index (χ2n) is 5.31. The highest BCUT2D eigenvalue weighted by atomic mass is 16.5. The van der Waals surface area contributed by atoms with E-state index in [0.29, 0.717) is 13.2 Å². The highest BCUT2D eigenvalue weighted by Gasteiger charge is 2.19. The number of hydrogen-bond donors (Lipinski definition) is 1. The van der Waals surface area contributed by atoms with E-state index in [-0.39, 0.29) is 6.10 Å². The van der Waals surface area contributed by atoms with Crippen molar-refractivity contribution in [2.45, 2.75) is 26.1 Å². The molecule has 0 saturated carbocycles. The van der Waals surface area contributed by atoms with Gasteiger partial charge in [0.1, 0.15) is 11.9 Å². The van der Waals surface area contributed by atoms with Crippen LogP contribution in [0.15, 0.2) is 48.5 Å². The van der Waals surface area contributed by atoms with E-state index in [1.807, 2.05) is 24.3 Å². The van der Waals surface area contributed by atoms with Crippen LogP contribution in [0.1, 0.15) is 18.1 Å². The molecule has 1 unspecified atom stereocenters. The van der Waals surface area contributed by atoms with Crippen molar-refractivity contribution < 1.29 is 9.47 Å². The number of rotatable bonds is 5. The Bertz CT molecular complexity index is 583. The first kappa shape index (κ1) is 14.0. The molecular formula is C18H21NO2. The molecule has 3 heteroatoms. The molecule has 0 saturated heterocycles. The number of benzene rings is 2. The number of ether oxygens (including phenoxy) is 2. The van der Waals surface area contributed by atoms with Crippen molar-refractivity contribution in [1.82, 2.24) is 0 Å². The summed E-state index contributed by atoms with van der Waals surface area (Å²) in [5, 5.41) is 3.43. The molecule has 1 atom stereocenters. The lowest BCUT2D eigenvalue weighted by molar-refractivity contribution is 0.0441. The molecule has 0 aliphatic carbocycles. The normalized spacial score (nSPS) is 16.7. The molecular weight excluding hydrogens is 262 g/mol. The first-order valence-electron chi connectivity index (χ1n) is 7.50. The molecule has 2 aromatic carbocycles. The first-order valence-corrected chi connectivity index (χ1v) is 7.50. The molecule has 1 N–H and O–H groups in total. The van der Waals surface area contributed by atoms with E-state index in [1.165, 1.54) is 11.1 Å². The molecule has 0 amide bonds. The monoisotopic (exact) mass is 283 g/mol. The number of fused-ring (bicyclic) bond motifs is 1. The topological polar surface area (TPSA) is 30.5 Å². The summed E-state index contributed by atoms with van der Waals surface area (Å²) in [7, 11) is 0. The predicted molar refractivity (Wildman–Crippen MR) is 84.8 cm³/mol. The number of aryl methyl sites for hydroxylation is 1. The Labute approximate surface area is 125 Å². The van der Waals surface area contributed by atoms with Crippen molar-refractivity contribution in [3.8, 4) is 5.75 Å². The van der Waals surface area contributed by atoms with E-state index in [1.54, 1.807) is 0 Å². The van der Waals surface area contributed by atoms with Crippen LogP contribution < -0.4 is 10.1 Å². The maximum atomic E-state index is 5.98. The van der Waals surface area contributed by atoms with Gasteiger partial charge in [-0.15, -0.1) is 0 Å². The van der Waals surface area contributed by atoms with Gasteiger partial charge in [-0.3, -0.25) is 0 Å². The highest BCUT2D eigenvalue weighted by Crippen LogP contribution is 2.30. The van der Waals surface area contributed by atoms with Gasteiger partial charge in [0.05, 0.1) is 25.4 Å². The minimum absolute atomic E-state index is 0.0636. The molecule has 0 bridgehead atoms. The Morgan fingerprint density at radius 2 is 2.00 bits per heavy atom. The average Bonchev–Trinajstić information content (AvgIpc) is 2.55. The van der Waals surface area contributed by atoms with Crippen molar-refractivity contribution in [2.24, 2.45) is 0 Å². The Hall–Kier alpha value is -2.00. The van der Waals surface area contributed by atoms with E-state index < -0.39 is 0 Å². The van der Waals surface area contributed by atoms with Crippen LogP contribution >= 0.6 is 0 Å². The van der Waals surface area contributed by atoms with Crippen LogP contribution in [-0.4, -0.2) is 19.3 Å². The average molecular weight is 283 g/mol. The smallest absolute Gasteiger partial charge is 0.143 e. The summed E-state index contributed by atoms with van der Waals surface area (Å²) in [5.41, 5.74) is 3.60. The molecule has 0 spiro atoms. The minimum Gasteiger partial charge on any atom is -0.484 e. The van der Waals surface area contributed by atoms with E-state index in [0.717, 1.165) is 24.4 Å². The van der Waals surface area contributed by atoms with Crippen LogP contribution in [0.5, 0.6) is 5.75 Å². The third kappa shape index (κ3) is 3.56. The van der Waals surface area contributed by atoms with Gasteiger partial charge < -0.3 is 14.8 Å². The summed E-state index contributed by atoms with van der Waals surface area (Å²) in [6, 6.07) is 16.5. The van der Waals surface area contributed by atoms with Gasteiger partial charge in [0.2, 0.25) is 0 Å². The second kappa shape index (κ2) is 6.64. The fraction of sp³-hybridized carbons (Fsp3) is 0.333. The van der Waals surface area contributed by atoms with Gasteiger partial charge in [-0.2, -0.15) is 0 Å². The lowest BCUT2D eigenvalue weighted by atomic mass is 10.1. The molecule has 110 valence electrons. The second-order valence-corrected chi connectivity index (χ2v) is 5.31. The van der Waals surface area contributed by atoms with Gasteiger partial charge in [-0.1, -0.05) is 43.3 Å². The van der Waals surface area contributed by atoms with Gasteiger partial charge >= 0.3 is 0 Å². The molecule has 3 nitrogen and oxygen atoms in total. The van der Waals surface area contributed by atoms with Gasteiger partial charge in [-0.05, 0) is 29.7 Å². The van der Waals surface area contributed by atoms with Crippen molar-refractivity contribution in [3.63, 3.8) is 0 Å². The summed E-state index contributed by atoms with van der Waals surface area (Å²) < 4.78 is 11.7. The van der Waals surface area contributed by atoms with E-state index in [4.69, 9.17) is 9.47 Å². The highest BCUT2D eigenvalue weighted by molar-refractivity contribution is 5.59. The SMILES string of the molecule is CCc1ccc2c(c1)NCC(COCc1ccccc1)O2. The van der Waals surface area contributed by atoms with Crippen LogP contribution in [0.3, 0.4) is 0 Å². The lowest BCUT2D eigenvalue weighted by Gasteiger charge is -2.27. The Kier molecular flexibility index (Phi) is 4.41. The number of nitrogens with one attached hydrogen (secondary N) is 1. The van der Waals surface area contributed by atoms with Gasteiger partial charge in [-0.25, -0.2) is 0 Å². The van der Waals surface area contributed by atoms with E-state index in [2.05, 4.69) is 36.5 Å². The molecule has 0 fully saturated rings. The van der Waals surface area contributed by atoms with Gasteiger partial charge in [0.15, 0.2) is 0 Å². The maximum absolute atomic E-state index is 5.98.